The largest absolute Gasteiger partial charge is 0.493 e. The molecule has 5 heteroatoms. The van der Waals surface area contributed by atoms with E-state index in [2.05, 4.69) is 21.2 Å². The van der Waals surface area contributed by atoms with Crippen LogP contribution in [0.3, 0.4) is 0 Å². The lowest BCUT2D eigenvalue weighted by atomic mass is 9.95. The third-order valence-corrected chi connectivity index (χ3v) is 4.88. The van der Waals surface area contributed by atoms with Gasteiger partial charge in [0.15, 0.2) is 11.5 Å². The van der Waals surface area contributed by atoms with Gasteiger partial charge in [-0.05, 0) is 37.0 Å². The lowest BCUT2D eigenvalue weighted by Crippen LogP contribution is -2.36. The van der Waals surface area contributed by atoms with Crippen LogP contribution in [-0.4, -0.2) is 26.2 Å². The van der Waals surface area contributed by atoms with Gasteiger partial charge in [0.2, 0.25) is 5.91 Å². The highest BCUT2D eigenvalue weighted by Crippen LogP contribution is 2.33. The predicted molar refractivity (Wildman–Crippen MR) is 90.6 cm³/mol. The van der Waals surface area contributed by atoms with Gasteiger partial charge in [0, 0.05) is 16.9 Å². The quantitative estimate of drug-likeness (QED) is 0.828. The molecule has 0 saturated heterocycles. The van der Waals surface area contributed by atoms with Gasteiger partial charge in [0.1, 0.15) is 0 Å². The van der Waals surface area contributed by atoms with E-state index in [-0.39, 0.29) is 5.91 Å². The van der Waals surface area contributed by atoms with Gasteiger partial charge in [0.25, 0.3) is 0 Å². The topological polar surface area (TPSA) is 47.6 Å². The number of benzene rings is 1. The van der Waals surface area contributed by atoms with Gasteiger partial charge >= 0.3 is 0 Å². The monoisotopic (exact) mass is 369 g/mol. The molecule has 0 aromatic heterocycles. The number of halogens is 1. The standard InChI is InChI=1S/C17H24BrNO3/c1-21-15-10-12(14(18)11-16(15)22-2)8-9-17(20)19-13-6-4-3-5-7-13/h10-11,13H,3-9H2,1-2H3,(H,19,20). The van der Waals surface area contributed by atoms with Crippen molar-refractivity contribution in [3.63, 3.8) is 0 Å². The molecular formula is C17H24BrNO3. The fourth-order valence-corrected chi connectivity index (χ4v) is 3.40. The van der Waals surface area contributed by atoms with Gasteiger partial charge in [-0.15, -0.1) is 0 Å². The van der Waals surface area contributed by atoms with Crippen LogP contribution in [0, 0.1) is 0 Å². The molecule has 0 bridgehead atoms. The van der Waals surface area contributed by atoms with Gasteiger partial charge in [-0.1, -0.05) is 35.2 Å². The first-order valence-electron chi connectivity index (χ1n) is 7.83. The van der Waals surface area contributed by atoms with Crippen molar-refractivity contribution in [2.24, 2.45) is 0 Å². The number of carbonyl (C=O) groups is 1. The molecule has 1 aliphatic carbocycles. The second-order valence-electron chi connectivity index (χ2n) is 5.70. The summed E-state index contributed by atoms with van der Waals surface area (Å²) in [5.41, 5.74) is 1.05. The third kappa shape index (κ3) is 4.63. The van der Waals surface area contributed by atoms with Crippen molar-refractivity contribution in [2.75, 3.05) is 14.2 Å². The summed E-state index contributed by atoms with van der Waals surface area (Å²) in [7, 11) is 3.23. The van der Waals surface area contributed by atoms with Crippen molar-refractivity contribution in [3.8, 4) is 11.5 Å². The minimum atomic E-state index is 0.133. The summed E-state index contributed by atoms with van der Waals surface area (Å²) in [5, 5.41) is 3.15. The molecule has 1 aliphatic rings. The number of hydrogen-bond acceptors (Lipinski definition) is 3. The molecule has 1 aromatic rings. The van der Waals surface area contributed by atoms with Gasteiger partial charge < -0.3 is 14.8 Å². The molecule has 0 atom stereocenters. The number of aryl methyl sites for hydroxylation is 1. The van der Waals surface area contributed by atoms with E-state index in [0.29, 0.717) is 30.4 Å². The van der Waals surface area contributed by atoms with Crippen molar-refractivity contribution in [2.45, 2.75) is 51.0 Å². The van der Waals surface area contributed by atoms with Crippen LogP contribution in [0.25, 0.3) is 0 Å². The van der Waals surface area contributed by atoms with Crippen LogP contribution < -0.4 is 14.8 Å². The molecule has 0 heterocycles. The number of methoxy groups -OCH3 is 2. The van der Waals surface area contributed by atoms with E-state index in [1.54, 1.807) is 14.2 Å². The maximum Gasteiger partial charge on any atom is 0.220 e. The van der Waals surface area contributed by atoms with E-state index in [9.17, 15) is 4.79 Å². The number of carbonyl (C=O) groups excluding carboxylic acids is 1. The molecule has 122 valence electrons. The van der Waals surface area contributed by atoms with Crippen LogP contribution in [0.4, 0.5) is 0 Å². The zero-order valence-electron chi connectivity index (χ0n) is 13.3. The van der Waals surface area contributed by atoms with Gasteiger partial charge in [0.05, 0.1) is 14.2 Å². The first kappa shape index (κ1) is 17.1. The Morgan fingerprint density at radius 3 is 2.45 bits per heavy atom. The molecule has 1 fully saturated rings. The molecular weight excluding hydrogens is 346 g/mol. The third-order valence-electron chi connectivity index (χ3n) is 4.14. The van der Waals surface area contributed by atoms with E-state index in [1.807, 2.05) is 12.1 Å². The average Bonchev–Trinajstić information content (AvgIpc) is 2.54. The smallest absolute Gasteiger partial charge is 0.220 e. The van der Waals surface area contributed by atoms with Crippen molar-refractivity contribution >= 4 is 21.8 Å². The lowest BCUT2D eigenvalue weighted by Gasteiger charge is -2.22. The summed E-state index contributed by atoms with van der Waals surface area (Å²) < 4.78 is 11.5. The zero-order chi connectivity index (χ0) is 15.9. The number of ether oxygens (including phenoxy) is 2. The number of hydrogen-bond donors (Lipinski definition) is 1. The normalized spacial score (nSPS) is 15.4. The van der Waals surface area contributed by atoms with Crippen LogP contribution in [0.5, 0.6) is 11.5 Å². The molecule has 2 rings (SSSR count). The Bertz CT molecular complexity index is 513. The average molecular weight is 370 g/mol. The second-order valence-corrected chi connectivity index (χ2v) is 6.56. The summed E-state index contributed by atoms with van der Waals surface area (Å²) in [6.45, 7) is 0. The highest BCUT2D eigenvalue weighted by atomic mass is 79.9. The summed E-state index contributed by atoms with van der Waals surface area (Å²) in [4.78, 5) is 12.1. The van der Waals surface area contributed by atoms with Crippen molar-refractivity contribution < 1.29 is 14.3 Å². The molecule has 22 heavy (non-hydrogen) atoms. The van der Waals surface area contributed by atoms with E-state index < -0.39 is 0 Å². The summed E-state index contributed by atoms with van der Waals surface area (Å²) in [6.07, 6.45) is 7.16. The van der Waals surface area contributed by atoms with E-state index in [1.165, 1.54) is 19.3 Å². The lowest BCUT2D eigenvalue weighted by molar-refractivity contribution is -0.121. The molecule has 0 unspecified atom stereocenters. The predicted octanol–water partition coefficient (Wildman–Crippen LogP) is 3.85. The van der Waals surface area contributed by atoms with Crippen molar-refractivity contribution in [3.05, 3.63) is 22.2 Å². The van der Waals surface area contributed by atoms with Crippen LogP contribution in [-0.2, 0) is 11.2 Å². The van der Waals surface area contributed by atoms with Crippen LogP contribution in [0.2, 0.25) is 0 Å². The van der Waals surface area contributed by atoms with Gasteiger partial charge in [-0.3, -0.25) is 4.79 Å². The molecule has 0 aliphatic heterocycles. The zero-order valence-corrected chi connectivity index (χ0v) is 14.9. The number of amides is 1. The summed E-state index contributed by atoms with van der Waals surface area (Å²) in [6, 6.07) is 4.18. The van der Waals surface area contributed by atoms with E-state index in [4.69, 9.17) is 9.47 Å². The number of rotatable bonds is 6. The van der Waals surface area contributed by atoms with Crippen LogP contribution >= 0.6 is 15.9 Å². The van der Waals surface area contributed by atoms with Gasteiger partial charge in [-0.25, -0.2) is 0 Å². The SMILES string of the molecule is COc1cc(Br)c(CCC(=O)NC2CCCCC2)cc1OC. The molecule has 1 saturated carbocycles. The molecule has 1 amide bonds. The minimum absolute atomic E-state index is 0.133. The number of nitrogens with one attached hydrogen (secondary N) is 1. The Morgan fingerprint density at radius 2 is 1.82 bits per heavy atom. The van der Waals surface area contributed by atoms with Crippen molar-refractivity contribution in [1.29, 1.82) is 0 Å². The minimum Gasteiger partial charge on any atom is -0.493 e. The highest BCUT2D eigenvalue weighted by Gasteiger charge is 2.16. The molecule has 1 N–H and O–H groups in total. The van der Waals surface area contributed by atoms with Gasteiger partial charge in [-0.2, -0.15) is 0 Å². The second kappa shape index (κ2) is 8.42. The fraction of sp³-hybridized carbons (Fsp3) is 0.588. The van der Waals surface area contributed by atoms with E-state index >= 15 is 0 Å². The summed E-state index contributed by atoms with van der Waals surface area (Å²) in [5.74, 6) is 1.51. The van der Waals surface area contributed by atoms with E-state index in [0.717, 1.165) is 22.9 Å². The Kier molecular flexibility index (Phi) is 6.55. The summed E-state index contributed by atoms with van der Waals surface area (Å²) >= 11 is 3.53. The Hall–Kier alpha value is -1.23. The Labute approximate surface area is 140 Å². The molecule has 4 nitrogen and oxygen atoms in total. The molecule has 0 spiro atoms. The molecule has 1 aromatic carbocycles. The fourth-order valence-electron chi connectivity index (χ4n) is 2.88. The Morgan fingerprint density at radius 1 is 1.18 bits per heavy atom. The van der Waals surface area contributed by atoms with Crippen LogP contribution in [0.15, 0.2) is 16.6 Å². The first-order valence-corrected chi connectivity index (χ1v) is 8.63. The van der Waals surface area contributed by atoms with Crippen molar-refractivity contribution in [1.82, 2.24) is 5.32 Å². The maximum absolute atomic E-state index is 12.1. The maximum atomic E-state index is 12.1. The highest BCUT2D eigenvalue weighted by molar-refractivity contribution is 9.10. The Balaban J connectivity index is 1.91. The van der Waals surface area contributed by atoms with Crippen LogP contribution in [0.1, 0.15) is 44.1 Å². The molecule has 0 radical (unpaired) electrons. The first-order chi connectivity index (χ1) is 10.6.